The molecule has 0 saturated carbocycles. The topological polar surface area (TPSA) is 35.8 Å². The van der Waals surface area contributed by atoms with Crippen LogP contribution in [0.3, 0.4) is 0 Å². The van der Waals surface area contributed by atoms with Gasteiger partial charge in [0, 0.05) is 18.0 Å². The SMILES string of the molecule is CCOc1cc(-c2cn3ccccc3n2)ccc1OCc1ccccc1. The minimum atomic E-state index is 0.509. The molecule has 0 amide bonds. The van der Waals surface area contributed by atoms with Gasteiger partial charge >= 0.3 is 0 Å². The van der Waals surface area contributed by atoms with E-state index in [9.17, 15) is 0 Å². The molecule has 0 aliphatic heterocycles. The molecular formula is C22H20N2O2. The van der Waals surface area contributed by atoms with Gasteiger partial charge in [-0.3, -0.25) is 0 Å². The van der Waals surface area contributed by atoms with Crippen molar-refractivity contribution >= 4 is 5.65 Å². The van der Waals surface area contributed by atoms with Gasteiger partial charge < -0.3 is 13.9 Å². The fraction of sp³-hybridized carbons (Fsp3) is 0.136. The highest BCUT2D eigenvalue weighted by molar-refractivity contribution is 5.66. The van der Waals surface area contributed by atoms with E-state index in [1.807, 2.05) is 90.4 Å². The first kappa shape index (κ1) is 16.2. The van der Waals surface area contributed by atoms with Crippen molar-refractivity contribution in [1.82, 2.24) is 9.38 Å². The van der Waals surface area contributed by atoms with Crippen LogP contribution in [-0.2, 0) is 6.61 Å². The highest BCUT2D eigenvalue weighted by Crippen LogP contribution is 2.33. The number of ether oxygens (including phenoxy) is 2. The molecule has 4 rings (SSSR count). The first-order chi connectivity index (χ1) is 12.8. The average Bonchev–Trinajstić information content (AvgIpc) is 3.12. The van der Waals surface area contributed by atoms with Gasteiger partial charge in [0.05, 0.1) is 12.3 Å². The molecule has 2 heterocycles. The van der Waals surface area contributed by atoms with Crippen LogP contribution in [0.15, 0.2) is 79.1 Å². The van der Waals surface area contributed by atoms with Crippen molar-refractivity contribution in [2.45, 2.75) is 13.5 Å². The Morgan fingerprint density at radius 2 is 1.73 bits per heavy atom. The first-order valence-electron chi connectivity index (χ1n) is 8.71. The van der Waals surface area contributed by atoms with Gasteiger partial charge in [-0.25, -0.2) is 4.98 Å². The Balaban J connectivity index is 1.62. The minimum Gasteiger partial charge on any atom is -0.490 e. The quantitative estimate of drug-likeness (QED) is 0.495. The summed E-state index contributed by atoms with van der Waals surface area (Å²) >= 11 is 0. The van der Waals surface area contributed by atoms with Crippen LogP contribution in [-0.4, -0.2) is 16.0 Å². The Hall–Kier alpha value is -3.27. The number of rotatable bonds is 6. The zero-order valence-corrected chi connectivity index (χ0v) is 14.6. The summed E-state index contributed by atoms with van der Waals surface area (Å²) in [4.78, 5) is 4.67. The highest BCUT2D eigenvalue weighted by Gasteiger charge is 2.10. The van der Waals surface area contributed by atoms with Gasteiger partial charge in [0.25, 0.3) is 0 Å². The second kappa shape index (κ2) is 7.31. The Morgan fingerprint density at radius 3 is 2.54 bits per heavy atom. The zero-order chi connectivity index (χ0) is 17.8. The normalized spacial score (nSPS) is 10.8. The van der Waals surface area contributed by atoms with Crippen LogP contribution >= 0.6 is 0 Å². The highest BCUT2D eigenvalue weighted by atomic mass is 16.5. The van der Waals surface area contributed by atoms with E-state index in [0.717, 1.165) is 34.0 Å². The molecule has 2 aromatic carbocycles. The van der Waals surface area contributed by atoms with Crippen LogP contribution in [0.25, 0.3) is 16.9 Å². The van der Waals surface area contributed by atoms with Crippen LogP contribution in [0.4, 0.5) is 0 Å². The number of imidazole rings is 1. The summed E-state index contributed by atoms with van der Waals surface area (Å²) in [5.74, 6) is 1.47. The molecular weight excluding hydrogens is 324 g/mol. The Labute approximate surface area is 152 Å². The number of nitrogens with zero attached hydrogens (tertiary/aromatic N) is 2. The summed E-state index contributed by atoms with van der Waals surface area (Å²) in [6, 6.07) is 22.0. The third-order valence-electron chi connectivity index (χ3n) is 4.14. The van der Waals surface area contributed by atoms with Crippen molar-refractivity contribution in [3.8, 4) is 22.8 Å². The molecule has 0 N–H and O–H groups in total. The summed E-state index contributed by atoms with van der Waals surface area (Å²) in [6.07, 6.45) is 4.01. The average molecular weight is 344 g/mol. The largest absolute Gasteiger partial charge is 0.490 e. The molecule has 130 valence electrons. The van der Waals surface area contributed by atoms with E-state index in [-0.39, 0.29) is 0 Å². The van der Waals surface area contributed by atoms with Crippen molar-refractivity contribution in [3.05, 3.63) is 84.7 Å². The summed E-state index contributed by atoms with van der Waals surface area (Å²) in [7, 11) is 0. The number of benzene rings is 2. The predicted octanol–water partition coefficient (Wildman–Crippen LogP) is 4.98. The standard InChI is InChI=1S/C22H20N2O2/c1-2-25-21-14-18(19-15-24-13-7-6-10-22(24)23-19)11-12-20(21)26-16-17-8-4-3-5-9-17/h3-15H,2,16H2,1H3. The maximum absolute atomic E-state index is 5.97. The molecule has 26 heavy (non-hydrogen) atoms. The van der Waals surface area contributed by atoms with Crippen molar-refractivity contribution in [2.24, 2.45) is 0 Å². The smallest absolute Gasteiger partial charge is 0.161 e. The van der Waals surface area contributed by atoms with Gasteiger partial charge in [-0.05, 0) is 42.8 Å². The van der Waals surface area contributed by atoms with E-state index in [1.54, 1.807) is 0 Å². The monoisotopic (exact) mass is 344 g/mol. The molecule has 0 bridgehead atoms. The second-order valence-electron chi connectivity index (χ2n) is 5.96. The number of aromatic nitrogens is 2. The second-order valence-corrected chi connectivity index (χ2v) is 5.96. The lowest BCUT2D eigenvalue weighted by molar-refractivity contribution is 0.269. The summed E-state index contributed by atoms with van der Waals surface area (Å²) in [5.41, 5.74) is 3.96. The molecule has 2 aromatic heterocycles. The van der Waals surface area contributed by atoms with Crippen LogP contribution in [0.2, 0.25) is 0 Å². The van der Waals surface area contributed by atoms with Crippen molar-refractivity contribution in [3.63, 3.8) is 0 Å². The van der Waals surface area contributed by atoms with Gasteiger partial charge in [-0.2, -0.15) is 0 Å². The lowest BCUT2D eigenvalue weighted by atomic mass is 10.1. The summed E-state index contributed by atoms with van der Waals surface area (Å²) < 4.78 is 13.8. The molecule has 0 fully saturated rings. The molecule has 4 aromatic rings. The molecule has 0 aliphatic carbocycles. The van der Waals surface area contributed by atoms with E-state index in [0.29, 0.717) is 13.2 Å². The van der Waals surface area contributed by atoms with Gasteiger partial charge in [-0.15, -0.1) is 0 Å². The molecule has 0 unspecified atom stereocenters. The van der Waals surface area contributed by atoms with Crippen molar-refractivity contribution in [2.75, 3.05) is 6.61 Å². The Kier molecular flexibility index (Phi) is 4.56. The van der Waals surface area contributed by atoms with E-state index in [1.165, 1.54) is 0 Å². The summed E-state index contributed by atoms with van der Waals surface area (Å²) in [5, 5.41) is 0. The van der Waals surface area contributed by atoms with Crippen molar-refractivity contribution < 1.29 is 9.47 Å². The third kappa shape index (κ3) is 3.40. The van der Waals surface area contributed by atoms with E-state index in [4.69, 9.17) is 9.47 Å². The maximum Gasteiger partial charge on any atom is 0.161 e. The number of pyridine rings is 1. The van der Waals surface area contributed by atoms with Gasteiger partial charge in [-0.1, -0.05) is 36.4 Å². The number of fused-ring (bicyclic) bond motifs is 1. The third-order valence-corrected chi connectivity index (χ3v) is 4.14. The molecule has 4 heteroatoms. The fourth-order valence-electron chi connectivity index (χ4n) is 2.86. The predicted molar refractivity (Wildman–Crippen MR) is 103 cm³/mol. The molecule has 0 atom stereocenters. The van der Waals surface area contributed by atoms with E-state index in [2.05, 4.69) is 4.98 Å². The Bertz CT molecular complexity index is 976. The van der Waals surface area contributed by atoms with Crippen LogP contribution < -0.4 is 9.47 Å². The fourth-order valence-corrected chi connectivity index (χ4v) is 2.86. The van der Waals surface area contributed by atoms with E-state index >= 15 is 0 Å². The number of hydrogen-bond acceptors (Lipinski definition) is 3. The number of hydrogen-bond donors (Lipinski definition) is 0. The van der Waals surface area contributed by atoms with Crippen molar-refractivity contribution in [1.29, 1.82) is 0 Å². The lowest BCUT2D eigenvalue weighted by Crippen LogP contribution is -1.99. The molecule has 0 saturated heterocycles. The van der Waals surface area contributed by atoms with Crippen LogP contribution in [0, 0.1) is 0 Å². The van der Waals surface area contributed by atoms with E-state index < -0.39 is 0 Å². The van der Waals surface area contributed by atoms with Gasteiger partial charge in [0.1, 0.15) is 12.3 Å². The van der Waals surface area contributed by atoms with Gasteiger partial charge in [0.2, 0.25) is 0 Å². The zero-order valence-electron chi connectivity index (χ0n) is 14.6. The lowest BCUT2D eigenvalue weighted by Gasteiger charge is -2.13. The molecule has 0 spiro atoms. The van der Waals surface area contributed by atoms with Gasteiger partial charge in [0.15, 0.2) is 11.5 Å². The maximum atomic E-state index is 5.97. The minimum absolute atomic E-state index is 0.509. The molecule has 4 nitrogen and oxygen atoms in total. The molecule has 0 aliphatic rings. The Morgan fingerprint density at radius 1 is 0.885 bits per heavy atom. The molecule has 0 radical (unpaired) electrons. The first-order valence-corrected chi connectivity index (χ1v) is 8.71. The summed E-state index contributed by atoms with van der Waals surface area (Å²) in [6.45, 7) is 3.06. The van der Waals surface area contributed by atoms with Crippen LogP contribution in [0.1, 0.15) is 12.5 Å². The van der Waals surface area contributed by atoms with Crippen LogP contribution in [0.5, 0.6) is 11.5 Å².